The van der Waals surface area contributed by atoms with Gasteiger partial charge in [-0.3, -0.25) is 4.79 Å². The molecule has 0 radical (unpaired) electrons. The molecule has 3 rings (SSSR count). The van der Waals surface area contributed by atoms with Crippen LogP contribution >= 0.6 is 11.6 Å². The number of nitrogens with one attached hydrogen (secondary N) is 1. The Morgan fingerprint density at radius 1 is 1.12 bits per heavy atom. The van der Waals surface area contributed by atoms with E-state index in [1.54, 1.807) is 43.3 Å². The predicted molar refractivity (Wildman–Crippen MR) is 94.9 cm³/mol. The molecule has 0 spiro atoms. The number of carbonyl (C=O) groups excluding carboxylic acids is 1. The van der Waals surface area contributed by atoms with Gasteiger partial charge in [0.15, 0.2) is 0 Å². The normalized spacial score (nSPS) is 10.4. The minimum Gasteiger partial charge on any atom is -0.456 e. The van der Waals surface area contributed by atoms with Crippen molar-refractivity contribution in [3.05, 3.63) is 82.9 Å². The van der Waals surface area contributed by atoms with Gasteiger partial charge >= 0.3 is 0 Å². The lowest BCUT2D eigenvalue weighted by Gasteiger charge is -2.10. The summed E-state index contributed by atoms with van der Waals surface area (Å²) in [5, 5.41) is 3.24. The van der Waals surface area contributed by atoms with E-state index in [0.717, 1.165) is 6.07 Å². The van der Waals surface area contributed by atoms with E-state index in [2.05, 4.69) is 10.3 Å². The van der Waals surface area contributed by atoms with Crippen molar-refractivity contribution in [2.24, 2.45) is 0 Å². The molecule has 0 aliphatic heterocycles. The summed E-state index contributed by atoms with van der Waals surface area (Å²) in [7, 11) is 0. The highest BCUT2D eigenvalue weighted by molar-refractivity contribution is 6.32. The standard InChI is InChI=1S/C19H14ClFN2O2/c1-12-15(9-10-18(21)22-12)19(24)23-13-5-4-6-14(11-13)25-17-8-3-2-7-16(17)20/h2-11H,1H3,(H,23,24). The average Bonchev–Trinajstić information content (AvgIpc) is 2.57. The van der Waals surface area contributed by atoms with Gasteiger partial charge in [-0.2, -0.15) is 4.39 Å². The Kier molecular flexibility index (Phi) is 4.95. The summed E-state index contributed by atoms with van der Waals surface area (Å²) in [6.07, 6.45) is 0. The quantitative estimate of drug-likeness (QED) is 0.651. The summed E-state index contributed by atoms with van der Waals surface area (Å²) < 4.78 is 18.8. The van der Waals surface area contributed by atoms with Crippen molar-refractivity contribution in [3.63, 3.8) is 0 Å². The van der Waals surface area contributed by atoms with Gasteiger partial charge in [0, 0.05) is 11.8 Å². The average molecular weight is 357 g/mol. The molecular formula is C19H14ClFN2O2. The topological polar surface area (TPSA) is 51.2 Å². The van der Waals surface area contributed by atoms with Gasteiger partial charge in [-0.15, -0.1) is 0 Å². The summed E-state index contributed by atoms with van der Waals surface area (Å²) in [5.41, 5.74) is 1.16. The first-order valence-corrected chi connectivity index (χ1v) is 7.87. The summed E-state index contributed by atoms with van der Waals surface area (Å²) in [5.74, 6) is 0.0511. The first-order chi connectivity index (χ1) is 12.0. The SMILES string of the molecule is Cc1nc(F)ccc1C(=O)Nc1cccc(Oc2ccccc2Cl)c1. The minimum atomic E-state index is -0.621. The minimum absolute atomic E-state index is 0.304. The fourth-order valence-corrected chi connectivity index (χ4v) is 2.43. The van der Waals surface area contributed by atoms with Gasteiger partial charge in [0.25, 0.3) is 5.91 Å². The molecule has 3 aromatic rings. The Labute approximate surface area is 149 Å². The number of halogens is 2. The second-order valence-electron chi connectivity index (χ2n) is 5.28. The number of anilines is 1. The molecule has 1 N–H and O–H groups in total. The maximum absolute atomic E-state index is 13.1. The summed E-state index contributed by atoms with van der Waals surface area (Å²) in [6.45, 7) is 1.58. The molecule has 0 bridgehead atoms. The molecule has 0 unspecified atom stereocenters. The van der Waals surface area contributed by atoms with Crippen LogP contribution in [-0.4, -0.2) is 10.9 Å². The zero-order valence-electron chi connectivity index (χ0n) is 13.3. The first kappa shape index (κ1) is 16.9. The van der Waals surface area contributed by atoms with Crippen molar-refractivity contribution in [2.75, 3.05) is 5.32 Å². The zero-order valence-corrected chi connectivity index (χ0v) is 14.0. The first-order valence-electron chi connectivity index (χ1n) is 7.50. The summed E-state index contributed by atoms with van der Waals surface area (Å²) in [4.78, 5) is 16.0. The van der Waals surface area contributed by atoms with Crippen LogP contribution in [0.1, 0.15) is 16.1 Å². The smallest absolute Gasteiger partial charge is 0.257 e. The number of ether oxygens (including phenoxy) is 1. The second-order valence-corrected chi connectivity index (χ2v) is 5.69. The highest BCUT2D eigenvalue weighted by Gasteiger charge is 2.12. The van der Waals surface area contributed by atoms with Crippen LogP contribution in [0.3, 0.4) is 0 Å². The number of hydrogen-bond donors (Lipinski definition) is 1. The molecule has 4 nitrogen and oxygen atoms in total. The Morgan fingerprint density at radius 3 is 2.68 bits per heavy atom. The van der Waals surface area contributed by atoms with E-state index in [-0.39, 0.29) is 5.91 Å². The van der Waals surface area contributed by atoms with Gasteiger partial charge < -0.3 is 10.1 Å². The number of amides is 1. The molecule has 1 amide bonds. The van der Waals surface area contributed by atoms with Gasteiger partial charge in [0.05, 0.1) is 16.3 Å². The number of rotatable bonds is 4. The van der Waals surface area contributed by atoms with Crippen LogP contribution < -0.4 is 10.1 Å². The predicted octanol–water partition coefficient (Wildman–Crippen LogP) is 5.23. The molecule has 1 aromatic heterocycles. The van der Waals surface area contributed by atoms with Gasteiger partial charge in [-0.05, 0) is 43.3 Å². The maximum atomic E-state index is 13.1. The maximum Gasteiger partial charge on any atom is 0.257 e. The zero-order chi connectivity index (χ0) is 17.8. The summed E-state index contributed by atoms with van der Waals surface area (Å²) >= 11 is 6.08. The Balaban J connectivity index is 1.77. The second kappa shape index (κ2) is 7.32. The molecule has 25 heavy (non-hydrogen) atoms. The van der Waals surface area contributed by atoms with E-state index in [1.165, 1.54) is 6.07 Å². The molecule has 0 saturated heterocycles. The van der Waals surface area contributed by atoms with Gasteiger partial charge in [-0.25, -0.2) is 4.98 Å². The lowest BCUT2D eigenvalue weighted by atomic mass is 10.2. The molecule has 0 atom stereocenters. The fraction of sp³-hybridized carbons (Fsp3) is 0.0526. The highest BCUT2D eigenvalue weighted by atomic mass is 35.5. The van der Waals surface area contributed by atoms with E-state index < -0.39 is 5.95 Å². The van der Waals surface area contributed by atoms with Gasteiger partial charge in [0.2, 0.25) is 5.95 Å². The van der Waals surface area contributed by atoms with Crippen LogP contribution in [0.25, 0.3) is 0 Å². The Bertz CT molecular complexity index is 931. The van der Waals surface area contributed by atoms with Gasteiger partial charge in [0.1, 0.15) is 11.5 Å². The largest absolute Gasteiger partial charge is 0.456 e. The van der Waals surface area contributed by atoms with Crippen LogP contribution in [-0.2, 0) is 0 Å². The number of aryl methyl sites for hydroxylation is 1. The monoisotopic (exact) mass is 356 g/mol. The molecule has 0 aliphatic rings. The molecule has 0 saturated carbocycles. The van der Waals surface area contributed by atoms with Crippen LogP contribution in [0.2, 0.25) is 5.02 Å². The van der Waals surface area contributed by atoms with Crippen molar-refractivity contribution >= 4 is 23.2 Å². The lowest BCUT2D eigenvalue weighted by molar-refractivity contribution is 0.102. The van der Waals surface area contributed by atoms with E-state index in [1.807, 2.05) is 12.1 Å². The number of nitrogens with zero attached hydrogens (tertiary/aromatic N) is 1. The highest BCUT2D eigenvalue weighted by Crippen LogP contribution is 2.30. The number of carbonyl (C=O) groups is 1. The molecule has 2 aromatic carbocycles. The molecule has 0 fully saturated rings. The third kappa shape index (κ3) is 4.14. The van der Waals surface area contributed by atoms with Crippen molar-refractivity contribution < 1.29 is 13.9 Å². The number of pyridine rings is 1. The fourth-order valence-electron chi connectivity index (χ4n) is 2.26. The van der Waals surface area contributed by atoms with E-state index in [4.69, 9.17) is 16.3 Å². The third-order valence-electron chi connectivity index (χ3n) is 3.45. The van der Waals surface area contributed by atoms with Crippen molar-refractivity contribution in [1.82, 2.24) is 4.98 Å². The number of hydrogen-bond acceptors (Lipinski definition) is 3. The Morgan fingerprint density at radius 2 is 1.92 bits per heavy atom. The third-order valence-corrected chi connectivity index (χ3v) is 3.77. The number of aromatic nitrogens is 1. The van der Waals surface area contributed by atoms with Gasteiger partial charge in [-0.1, -0.05) is 29.8 Å². The van der Waals surface area contributed by atoms with E-state index in [0.29, 0.717) is 33.5 Å². The van der Waals surface area contributed by atoms with Crippen molar-refractivity contribution in [1.29, 1.82) is 0 Å². The van der Waals surface area contributed by atoms with E-state index in [9.17, 15) is 9.18 Å². The molecule has 0 aliphatic carbocycles. The van der Waals surface area contributed by atoms with Crippen LogP contribution in [0.15, 0.2) is 60.7 Å². The van der Waals surface area contributed by atoms with Crippen LogP contribution in [0.5, 0.6) is 11.5 Å². The van der Waals surface area contributed by atoms with Crippen molar-refractivity contribution in [2.45, 2.75) is 6.92 Å². The molecular weight excluding hydrogens is 343 g/mol. The van der Waals surface area contributed by atoms with E-state index >= 15 is 0 Å². The number of para-hydroxylation sites is 1. The molecule has 6 heteroatoms. The summed E-state index contributed by atoms with van der Waals surface area (Å²) in [6, 6.07) is 16.6. The molecule has 1 heterocycles. The lowest BCUT2D eigenvalue weighted by Crippen LogP contribution is -2.14. The number of benzene rings is 2. The van der Waals surface area contributed by atoms with Crippen LogP contribution in [0, 0.1) is 12.9 Å². The van der Waals surface area contributed by atoms with Crippen molar-refractivity contribution in [3.8, 4) is 11.5 Å². The Hall–Kier alpha value is -2.92. The molecule has 126 valence electrons. The van der Waals surface area contributed by atoms with Crippen LogP contribution in [0.4, 0.5) is 10.1 Å².